The summed E-state index contributed by atoms with van der Waals surface area (Å²) in [5, 5.41) is 6.81. The molecule has 2 aromatic rings. The lowest BCUT2D eigenvalue weighted by Gasteiger charge is -2.04. The molecule has 21 heavy (non-hydrogen) atoms. The van der Waals surface area contributed by atoms with E-state index in [-0.39, 0.29) is 5.91 Å². The molecule has 0 saturated heterocycles. The third-order valence-electron chi connectivity index (χ3n) is 2.67. The van der Waals surface area contributed by atoms with Gasteiger partial charge >= 0.3 is 0 Å². The monoisotopic (exact) mass is 338 g/mol. The van der Waals surface area contributed by atoms with E-state index in [0.717, 1.165) is 21.2 Å². The maximum atomic E-state index is 11.7. The molecule has 1 amide bonds. The maximum Gasteiger partial charge on any atom is 0.250 e. The van der Waals surface area contributed by atoms with Gasteiger partial charge in [0.05, 0.1) is 11.5 Å². The van der Waals surface area contributed by atoms with Crippen LogP contribution in [0.1, 0.15) is 17.4 Å². The van der Waals surface area contributed by atoms with Crippen LogP contribution in [-0.4, -0.2) is 17.4 Å². The Morgan fingerprint density at radius 1 is 1.33 bits per heavy atom. The van der Waals surface area contributed by atoms with Crippen LogP contribution in [0.4, 0.5) is 0 Å². The lowest BCUT2D eigenvalue weighted by atomic mass is 10.2. The summed E-state index contributed by atoms with van der Waals surface area (Å²) in [7, 11) is 0. The van der Waals surface area contributed by atoms with Crippen LogP contribution in [0.25, 0.3) is 0 Å². The van der Waals surface area contributed by atoms with E-state index in [1.165, 1.54) is 11.8 Å². The Kier molecular flexibility index (Phi) is 6.29. The van der Waals surface area contributed by atoms with Crippen molar-refractivity contribution in [1.82, 2.24) is 5.43 Å². The van der Waals surface area contributed by atoms with Gasteiger partial charge in [0.15, 0.2) is 0 Å². The van der Waals surface area contributed by atoms with Gasteiger partial charge in [-0.25, -0.2) is 5.43 Å². The quantitative estimate of drug-likeness (QED) is 0.634. The van der Waals surface area contributed by atoms with Crippen LogP contribution >= 0.6 is 34.7 Å². The van der Waals surface area contributed by atoms with Gasteiger partial charge in [-0.05, 0) is 30.0 Å². The summed E-state index contributed by atoms with van der Waals surface area (Å²) in [6, 6.07) is 11.6. The number of nitrogens with zero attached hydrogens (tertiary/aromatic N) is 1. The molecule has 0 spiro atoms. The molecule has 0 fully saturated rings. The molecule has 3 nitrogen and oxygen atoms in total. The number of hydrogen-bond acceptors (Lipinski definition) is 4. The standard InChI is InChI=1S/C15H15ClN2OS2/c1-11(14-7-4-8-21-14)17-18-15(19)10-20-9-12-5-2-3-6-13(12)16/h2-8H,9-10H2,1H3,(H,18,19)/b17-11-. The molecule has 1 aromatic heterocycles. The zero-order valence-corrected chi connectivity index (χ0v) is 13.9. The van der Waals surface area contributed by atoms with E-state index in [2.05, 4.69) is 10.5 Å². The fraction of sp³-hybridized carbons (Fsp3) is 0.200. The van der Waals surface area contributed by atoms with Crippen molar-refractivity contribution in [3.8, 4) is 0 Å². The highest BCUT2D eigenvalue weighted by molar-refractivity contribution is 7.99. The van der Waals surface area contributed by atoms with Crippen molar-refractivity contribution in [2.24, 2.45) is 5.10 Å². The number of thioether (sulfide) groups is 1. The normalized spacial score (nSPS) is 11.4. The summed E-state index contributed by atoms with van der Waals surface area (Å²) in [5.41, 5.74) is 4.43. The Hall–Kier alpha value is -1.30. The number of halogens is 1. The minimum Gasteiger partial charge on any atom is -0.272 e. The van der Waals surface area contributed by atoms with Crippen LogP contribution in [-0.2, 0) is 10.5 Å². The fourth-order valence-electron chi connectivity index (χ4n) is 1.59. The van der Waals surface area contributed by atoms with Crippen molar-refractivity contribution in [2.75, 3.05) is 5.75 Å². The summed E-state index contributed by atoms with van der Waals surface area (Å²) in [5.74, 6) is 0.954. The summed E-state index contributed by atoms with van der Waals surface area (Å²) in [6.45, 7) is 1.88. The second-order valence-electron chi connectivity index (χ2n) is 4.29. The smallest absolute Gasteiger partial charge is 0.250 e. The molecule has 0 unspecified atom stereocenters. The van der Waals surface area contributed by atoms with Gasteiger partial charge < -0.3 is 0 Å². The molecule has 0 aliphatic carbocycles. The van der Waals surface area contributed by atoms with Gasteiger partial charge in [0.25, 0.3) is 0 Å². The number of hydrazone groups is 1. The molecule has 2 rings (SSSR count). The first-order chi connectivity index (χ1) is 10.2. The molecule has 6 heteroatoms. The lowest BCUT2D eigenvalue weighted by Crippen LogP contribution is -2.21. The Bertz CT molecular complexity index is 626. The van der Waals surface area contributed by atoms with Crippen molar-refractivity contribution in [3.05, 3.63) is 57.2 Å². The van der Waals surface area contributed by atoms with Crippen molar-refractivity contribution in [2.45, 2.75) is 12.7 Å². The van der Waals surface area contributed by atoms with E-state index in [9.17, 15) is 4.79 Å². The predicted octanol–water partition coefficient (Wildman–Crippen LogP) is 4.18. The molecule has 0 aliphatic rings. The molecular formula is C15H15ClN2OS2. The molecule has 1 aromatic carbocycles. The minimum atomic E-state index is -0.108. The lowest BCUT2D eigenvalue weighted by molar-refractivity contribution is -0.118. The number of benzene rings is 1. The molecule has 0 radical (unpaired) electrons. The fourth-order valence-corrected chi connectivity index (χ4v) is 3.37. The molecule has 0 aliphatic heterocycles. The van der Waals surface area contributed by atoms with Crippen LogP contribution in [0, 0.1) is 0 Å². The highest BCUT2D eigenvalue weighted by Crippen LogP contribution is 2.20. The predicted molar refractivity (Wildman–Crippen MR) is 92.3 cm³/mol. The summed E-state index contributed by atoms with van der Waals surface area (Å²) >= 11 is 9.18. The first-order valence-electron chi connectivity index (χ1n) is 6.35. The van der Waals surface area contributed by atoms with Crippen molar-refractivity contribution >= 4 is 46.3 Å². The summed E-state index contributed by atoms with van der Waals surface area (Å²) in [6.07, 6.45) is 0. The third kappa shape index (κ3) is 5.19. The van der Waals surface area contributed by atoms with E-state index in [1.807, 2.05) is 48.7 Å². The molecule has 1 N–H and O–H groups in total. The number of rotatable bonds is 6. The van der Waals surface area contributed by atoms with E-state index in [1.54, 1.807) is 11.3 Å². The Labute approximate surface area is 137 Å². The van der Waals surface area contributed by atoms with Crippen LogP contribution in [0.15, 0.2) is 46.9 Å². The molecule has 0 atom stereocenters. The first kappa shape index (κ1) is 16.1. The van der Waals surface area contributed by atoms with Crippen LogP contribution in [0.5, 0.6) is 0 Å². The van der Waals surface area contributed by atoms with Gasteiger partial charge in [-0.3, -0.25) is 4.79 Å². The zero-order valence-electron chi connectivity index (χ0n) is 11.5. The van der Waals surface area contributed by atoms with Gasteiger partial charge in [-0.1, -0.05) is 35.9 Å². The van der Waals surface area contributed by atoms with Gasteiger partial charge in [0.2, 0.25) is 5.91 Å². The SMILES string of the molecule is C/C(=N/NC(=O)CSCc1ccccc1Cl)c1cccs1. The van der Waals surface area contributed by atoms with E-state index < -0.39 is 0 Å². The average molecular weight is 339 g/mol. The second-order valence-corrected chi connectivity index (χ2v) is 6.63. The Morgan fingerprint density at radius 3 is 2.86 bits per heavy atom. The van der Waals surface area contributed by atoms with Gasteiger partial charge in [-0.2, -0.15) is 5.10 Å². The largest absolute Gasteiger partial charge is 0.272 e. The van der Waals surface area contributed by atoms with Gasteiger partial charge in [0, 0.05) is 15.7 Å². The highest BCUT2D eigenvalue weighted by Gasteiger charge is 2.04. The van der Waals surface area contributed by atoms with E-state index in [4.69, 9.17) is 11.6 Å². The topological polar surface area (TPSA) is 41.5 Å². The number of amides is 1. The van der Waals surface area contributed by atoms with Crippen molar-refractivity contribution < 1.29 is 4.79 Å². The van der Waals surface area contributed by atoms with Crippen molar-refractivity contribution in [3.63, 3.8) is 0 Å². The van der Waals surface area contributed by atoms with Crippen LogP contribution < -0.4 is 5.43 Å². The number of nitrogens with one attached hydrogen (secondary N) is 1. The number of carbonyl (C=O) groups excluding carboxylic acids is 1. The Morgan fingerprint density at radius 2 is 2.14 bits per heavy atom. The average Bonchev–Trinajstić information content (AvgIpc) is 3.01. The maximum absolute atomic E-state index is 11.7. The summed E-state index contributed by atoms with van der Waals surface area (Å²) in [4.78, 5) is 12.8. The van der Waals surface area contributed by atoms with Crippen LogP contribution in [0.3, 0.4) is 0 Å². The molecule has 0 bridgehead atoms. The molecule has 0 saturated carbocycles. The van der Waals surface area contributed by atoms with Gasteiger partial charge in [0.1, 0.15) is 0 Å². The van der Waals surface area contributed by atoms with Gasteiger partial charge in [-0.15, -0.1) is 23.1 Å². The second kappa shape index (κ2) is 8.22. The first-order valence-corrected chi connectivity index (χ1v) is 8.76. The molecule has 110 valence electrons. The number of thiophene rings is 1. The summed E-state index contributed by atoms with van der Waals surface area (Å²) < 4.78 is 0. The zero-order chi connectivity index (χ0) is 15.1. The highest BCUT2D eigenvalue weighted by atomic mass is 35.5. The van der Waals surface area contributed by atoms with E-state index >= 15 is 0 Å². The number of hydrogen-bond donors (Lipinski definition) is 1. The number of carbonyl (C=O) groups is 1. The molecular weight excluding hydrogens is 324 g/mol. The third-order valence-corrected chi connectivity index (χ3v) is 5.00. The Balaban J connectivity index is 1.75. The minimum absolute atomic E-state index is 0.108. The van der Waals surface area contributed by atoms with E-state index in [0.29, 0.717) is 11.5 Å². The van der Waals surface area contributed by atoms with Crippen LogP contribution in [0.2, 0.25) is 5.02 Å². The molecule has 1 heterocycles. The van der Waals surface area contributed by atoms with Crippen molar-refractivity contribution in [1.29, 1.82) is 0 Å².